The molecule has 1 aliphatic heterocycles. The maximum absolute atomic E-state index is 12.8. The standard InChI is InChI=1S/C20H32N4O3S/c1-22-10-12-23(13-11-22)19(26)18(8-15-25)21-20(27)24(14-16-28)9-7-17-5-3-2-4-6-17/h2-6,18,25,28H,7-16H2,1H3,(H,21,27). The Hall–Kier alpha value is -1.77. The Balaban J connectivity index is 1.95. The molecule has 8 heteroatoms. The van der Waals surface area contributed by atoms with Crippen LogP contribution >= 0.6 is 12.6 Å². The van der Waals surface area contributed by atoms with Gasteiger partial charge in [-0.15, -0.1) is 0 Å². The molecule has 3 amide bonds. The van der Waals surface area contributed by atoms with E-state index in [4.69, 9.17) is 0 Å². The van der Waals surface area contributed by atoms with Gasteiger partial charge in [-0.05, 0) is 25.5 Å². The number of nitrogens with one attached hydrogen (secondary N) is 1. The van der Waals surface area contributed by atoms with Gasteiger partial charge in [0, 0.05) is 51.6 Å². The highest BCUT2D eigenvalue weighted by Crippen LogP contribution is 2.07. The minimum Gasteiger partial charge on any atom is -0.396 e. The first kappa shape index (κ1) is 22.5. The van der Waals surface area contributed by atoms with E-state index in [0.29, 0.717) is 31.9 Å². The van der Waals surface area contributed by atoms with Crippen molar-refractivity contribution in [3.05, 3.63) is 35.9 Å². The van der Waals surface area contributed by atoms with Gasteiger partial charge in [-0.2, -0.15) is 12.6 Å². The lowest BCUT2D eigenvalue weighted by molar-refractivity contribution is -0.135. The number of amides is 3. The number of hydrogen-bond acceptors (Lipinski definition) is 5. The number of benzene rings is 1. The Morgan fingerprint density at radius 3 is 2.46 bits per heavy atom. The Morgan fingerprint density at radius 1 is 1.18 bits per heavy atom. The maximum Gasteiger partial charge on any atom is 0.318 e. The minimum atomic E-state index is -0.708. The minimum absolute atomic E-state index is 0.121. The highest BCUT2D eigenvalue weighted by molar-refractivity contribution is 7.80. The molecule has 156 valence electrons. The Morgan fingerprint density at radius 2 is 1.86 bits per heavy atom. The summed E-state index contributed by atoms with van der Waals surface area (Å²) < 4.78 is 0. The number of rotatable bonds is 9. The molecule has 0 radical (unpaired) electrons. The number of carbonyl (C=O) groups excluding carboxylic acids is 2. The zero-order valence-corrected chi connectivity index (χ0v) is 17.5. The second kappa shape index (κ2) is 11.9. The first-order valence-electron chi connectivity index (χ1n) is 9.83. The van der Waals surface area contributed by atoms with E-state index in [0.717, 1.165) is 25.1 Å². The summed E-state index contributed by atoms with van der Waals surface area (Å²) in [5.74, 6) is 0.420. The van der Waals surface area contributed by atoms with Crippen LogP contribution in [0.15, 0.2) is 30.3 Å². The molecule has 0 aromatic heterocycles. The molecule has 1 atom stereocenters. The first-order chi connectivity index (χ1) is 13.5. The summed E-state index contributed by atoms with van der Waals surface area (Å²) in [4.78, 5) is 31.3. The third-order valence-corrected chi connectivity index (χ3v) is 5.20. The van der Waals surface area contributed by atoms with Crippen molar-refractivity contribution in [3.8, 4) is 0 Å². The fourth-order valence-corrected chi connectivity index (χ4v) is 3.46. The predicted octanol–water partition coefficient (Wildman–Crippen LogP) is 0.696. The summed E-state index contributed by atoms with van der Waals surface area (Å²) in [6, 6.07) is 8.98. The molecule has 2 N–H and O–H groups in total. The van der Waals surface area contributed by atoms with Crippen LogP contribution in [0.2, 0.25) is 0 Å². The normalized spacial score (nSPS) is 15.9. The molecule has 0 saturated carbocycles. The molecule has 0 spiro atoms. The van der Waals surface area contributed by atoms with Crippen molar-refractivity contribution in [1.29, 1.82) is 0 Å². The molecule has 2 rings (SSSR count). The predicted molar refractivity (Wildman–Crippen MR) is 114 cm³/mol. The third kappa shape index (κ3) is 7.00. The summed E-state index contributed by atoms with van der Waals surface area (Å²) in [6.45, 7) is 3.80. The monoisotopic (exact) mass is 408 g/mol. The largest absolute Gasteiger partial charge is 0.396 e. The van der Waals surface area contributed by atoms with E-state index in [9.17, 15) is 14.7 Å². The molecule has 1 heterocycles. The van der Waals surface area contributed by atoms with Crippen molar-refractivity contribution in [2.45, 2.75) is 18.9 Å². The van der Waals surface area contributed by atoms with Crippen LogP contribution in [0.3, 0.4) is 0 Å². The van der Waals surface area contributed by atoms with Crippen molar-refractivity contribution in [1.82, 2.24) is 20.0 Å². The Labute approximate surface area is 173 Å². The molecule has 1 saturated heterocycles. The van der Waals surface area contributed by atoms with Crippen molar-refractivity contribution in [2.75, 3.05) is 58.7 Å². The molecule has 28 heavy (non-hydrogen) atoms. The van der Waals surface area contributed by atoms with Crippen molar-refractivity contribution < 1.29 is 14.7 Å². The molecule has 1 fully saturated rings. The molecule has 1 unspecified atom stereocenters. The second-order valence-corrected chi connectivity index (χ2v) is 7.54. The van der Waals surface area contributed by atoms with E-state index < -0.39 is 6.04 Å². The van der Waals surface area contributed by atoms with Crippen LogP contribution in [-0.4, -0.2) is 96.5 Å². The van der Waals surface area contributed by atoms with Gasteiger partial charge in [0.1, 0.15) is 6.04 Å². The number of nitrogens with zero attached hydrogens (tertiary/aromatic N) is 3. The molecule has 7 nitrogen and oxygen atoms in total. The maximum atomic E-state index is 12.8. The molecular weight excluding hydrogens is 376 g/mol. The SMILES string of the molecule is CN1CCN(C(=O)C(CCO)NC(=O)N(CCS)CCc2ccccc2)CC1. The number of carbonyl (C=O) groups is 2. The van der Waals surface area contributed by atoms with Gasteiger partial charge in [0.15, 0.2) is 0 Å². The lowest BCUT2D eigenvalue weighted by atomic mass is 10.1. The van der Waals surface area contributed by atoms with Crippen LogP contribution in [0, 0.1) is 0 Å². The van der Waals surface area contributed by atoms with Crippen molar-refractivity contribution in [3.63, 3.8) is 0 Å². The molecule has 1 aliphatic rings. The summed E-state index contributed by atoms with van der Waals surface area (Å²) in [5, 5.41) is 12.2. The van der Waals surface area contributed by atoms with E-state index in [1.165, 1.54) is 0 Å². The van der Waals surface area contributed by atoms with E-state index in [1.54, 1.807) is 9.80 Å². The van der Waals surface area contributed by atoms with Gasteiger partial charge < -0.3 is 25.1 Å². The zero-order chi connectivity index (χ0) is 20.4. The van der Waals surface area contributed by atoms with Gasteiger partial charge in [-0.25, -0.2) is 4.79 Å². The summed E-state index contributed by atoms with van der Waals surface area (Å²) >= 11 is 4.26. The number of hydrogen-bond donors (Lipinski definition) is 3. The highest BCUT2D eigenvalue weighted by atomic mass is 32.1. The Kier molecular flexibility index (Phi) is 9.60. The fourth-order valence-electron chi connectivity index (χ4n) is 3.22. The number of piperazine rings is 1. The first-order valence-corrected chi connectivity index (χ1v) is 10.5. The van der Waals surface area contributed by atoms with Crippen molar-refractivity contribution >= 4 is 24.6 Å². The second-order valence-electron chi connectivity index (χ2n) is 7.09. The third-order valence-electron chi connectivity index (χ3n) is 5.00. The lowest BCUT2D eigenvalue weighted by Crippen LogP contribution is -2.56. The van der Waals surface area contributed by atoms with E-state index in [2.05, 4.69) is 22.8 Å². The van der Waals surface area contributed by atoms with Gasteiger partial charge in [-0.1, -0.05) is 30.3 Å². The van der Waals surface area contributed by atoms with Crippen molar-refractivity contribution in [2.24, 2.45) is 0 Å². The number of aliphatic hydroxyl groups excluding tert-OH is 1. The number of aliphatic hydroxyl groups is 1. The molecule has 0 aliphatic carbocycles. The average molecular weight is 409 g/mol. The number of urea groups is 1. The molecule has 0 bridgehead atoms. The van der Waals surface area contributed by atoms with Gasteiger partial charge in [0.2, 0.25) is 5.91 Å². The van der Waals surface area contributed by atoms with Gasteiger partial charge in [-0.3, -0.25) is 4.79 Å². The average Bonchev–Trinajstić information content (AvgIpc) is 2.71. The van der Waals surface area contributed by atoms with Crippen LogP contribution < -0.4 is 5.32 Å². The smallest absolute Gasteiger partial charge is 0.318 e. The fraction of sp³-hybridized carbons (Fsp3) is 0.600. The number of likely N-dealkylation sites (N-methyl/N-ethyl adjacent to an activating group) is 1. The van der Waals surface area contributed by atoms with E-state index >= 15 is 0 Å². The van der Waals surface area contributed by atoms with Crippen LogP contribution in [0.4, 0.5) is 4.79 Å². The zero-order valence-electron chi connectivity index (χ0n) is 16.6. The van der Waals surface area contributed by atoms with Crippen LogP contribution in [0.5, 0.6) is 0 Å². The summed E-state index contributed by atoms with van der Waals surface area (Å²) in [6.07, 6.45) is 0.948. The topological polar surface area (TPSA) is 76.1 Å². The van der Waals surface area contributed by atoms with Gasteiger partial charge in [0.05, 0.1) is 0 Å². The Bertz CT molecular complexity index is 609. The van der Waals surface area contributed by atoms with Gasteiger partial charge in [0.25, 0.3) is 0 Å². The van der Waals surface area contributed by atoms with E-state index in [1.807, 2.05) is 37.4 Å². The summed E-state index contributed by atoms with van der Waals surface area (Å²) in [7, 11) is 2.02. The van der Waals surface area contributed by atoms with E-state index in [-0.39, 0.29) is 25.0 Å². The number of thiol groups is 1. The highest BCUT2D eigenvalue weighted by Gasteiger charge is 2.28. The summed E-state index contributed by atoms with van der Waals surface area (Å²) in [5.41, 5.74) is 1.15. The molecular formula is C20H32N4O3S. The van der Waals surface area contributed by atoms with Crippen LogP contribution in [0.25, 0.3) is 0 Å². The van der Waals surface area contributed by atoms with Crippen LogP contribution in [0.1, 0.15) is 12.0 Å². The lowest BCUT2D eigenvalue weighted by Gasteiger charge is -2.35. The quantitative estimate of drug-likeness (QED) is 0.526. The molecule has 1 aromatic carbocycles. The van der Waals surface area contributed by atoms with Gasteiger partial charge >= 0.3 is 6.03 Å². The van der Waals surface area contributed by atoms with Crippen LogP contribution in [-0.2, 0) is 11.2 Å². The molecule has 1 aromatic rings.